The van der Waals surface area contributed by atoms with Gasteiger partial charge in [0.15, 0.2) is 0 Å². The largest absolute Gasteiger partial charge is 0.508 e. The number of aromatic nitrogens is 4. The van der Waals surface area contributed by atoms with E-state index in [4.69, 9.17) is 4.98 Å². The first-order valence-electron chi connectivity index (χ1n) is 8.14. The number of thiazole rings is 1. The predicted octanol–water partition coefficient (Wildman–Crippen LogP) is 3.93. The van der Waals surface area contributed by atoms with Gasteiger partial charge in [-0.25, -0.2) is 15.0 Å². The smallest absolute Gasteiger partial charge is 0.222 e. The summed E-state index contributed by atoms with van der Waals surface area (Å²) in [4.78, 5) is 28.6. The van der Waals surface area contributed by atoms with Crippen molar-refractivity contribution in [1.29, 1.82) is 0 Å². The lowest BCUT2D eigenvalue weighted by atomic mass is 10.1. The fourth-order valence-electron chi connectivity index (χ4n) is 2.62. The van der Waals surface area contributed by atoms with Gasteiger partial charge in [-0.2, -0.15) is 0 Å². The number of hydrogen-bond acceptors (Lipinski definition) is 6. The number of anilines is 1. The van der Waals surface area contributed by atoms with Gasteiger partial charge in [-0.15, -0.1) is 11.3 Å². The van der Waals surface area contributed by atoms with Crippen molar-refractivity contribution < 1.29 is 9.90 Å². The monoisotopic (exact) mass is 377 g/mol. The number of rotatable bonds is 4. The molecule has 0 atom stereocenters. The molecular formula is C19H15N5O2S. The van der Waals surface area contributed by atoms with Crippen molar-refractivity contribution in [1.82, 2.24) is 19.9 Å². The number of hydrogen-bond donors (Lipinski definition) is 3. The van der Waals surface area contributed by atoms with E-state index >= 15 is 0 Å². The number of aromatic hydroxyl groups is 1. The number of carbonyl (C=O) groups excluding carboxylic acids is 1. The van der Waals surface area contributed by atoms with Crippen LogP contribution in [-0.2, 0) is 4.79 Å². The van der Waals surface area contributed by atoms with Crippen LogP contribution in [0.1, 0.15) is 6.92 Å². The maximum Gasteiger partial charge on any atom is 0.222 e. The van der Waals surface area contributed by atoms with Crippen LogP contribution >= 0.6 is 11.3 Å². The molecule has 0 aliphatic rings. The first-order valence-corrected chi connectivity index (χ1v) is 8.96. The van der Waals surface area contributed by atoms with Gasteiger partial charge in [0.2, 0.25) is 5.91 Å². The summed E-state index contributed by atoms with van der Waals surface area (Å²) in [7, 11) is 0. The van der Waals surface area contributed by atoms with E-state index < -0.39 is 0 Å². The molecule has 1 amide bonds. The molecule has 3 heterocycles. The van der Waals surface area contributed by atoms with Crippen LogP contribution in [0.2, 0.25) is 0 Å². The van der Waals surface area contributed by atoms with Crippen LogP contribution in [0.3, 0.4) is 0 Å². The number of nitrogens with one attached hydrogen (secondary N) is 2. The highest BCUT2D eigenvalue weighted by Crippen LogP contribution is 2.39. The molecule has 0 fully saturated rings. The van der Waals surface area contributed by atoms with Crippen molar-refractivity contribution in [3.05, 3.63) is 55.0 Å². The molecule has 0 spiro atoms. The van der Waals surface area contributed by atoms with Crippen molar-refractivity contribution in [2.75, 3.05) is 5.32 Å². The zero-order chi connectivity index (χ0) is 18.8. The third-order valence-corrected chi connectivity index (χ3v) is 4.90. The van der Waals surface area contributed by atoms with Gasteiger partial charge in [-0.3, -0.25) is 4.79 Å². The van der Waals surface area contributed by atoms with Gasteiger partial charge in [0.25, 0.3) is 0 Å². The van der Waals surface area contributed by atoms with Gasteiger partial charge in [0.05, 0.1) is 10.6 Å². The molecule has 134 valence electrons. The molecule has 7 nitrogen and oxygen atoms in total. The first kappa shape index (κ1) is 16.9. The topological polar surface area (TPSA) is 104 Å². The molecule has 1 aromatic carbocycles. The second kappa shape index (κ2) is 7.00. The molecule has 0 aliphatic carbocycles. The third-order valence-electron chi connectivity index (χ3n) is 3.79. The molecule has 27 heavy (non-hydrogen) atoms. The van der Waals surface area contributed by atoms with E-state index in [0.717, 1.165) is 32.5 Å². The minimum absolute atomic E-state index is 0.181. The summed E-state index contributed by atoms with van der Waals surface area (Å²) in [5.41, 5.74) is 2.48. The van der Waals surface area contributed by atoms with Gasteiger partial charge in [0.1, 0.15) is 22.4 Å². The SMILES string of the molecule is CC(=O)Nc1cc(-c2nc(-c3ccc(O)cc3)c(-c3ncc[nH]3)s2)ccn1. The van der Waals surface area contributed by atoms with E-state index in [1.165, 1.54) is 18.3 Å². The number of nitrogens with zero attached hydrogens (tertiary/aromatic N) is 3. The Morgan fingerprint density at radius 3 is 2.63 bits per heavy atom. The molecule has 0 radical (unpaired) electrons. The van der Waals surface area contributed by atoms with Crippen LogP contribution in [-0.4, -0.2) is 30.9 Å². The molecule has 4 aromatic rings. The van der Waals surface area contributed by atoms with Gasteiger partial charge >= 0.3 is 0 Å². The van der Waals surface area contributed by atoms with Gasteiger partial charge in [-0.05, 0) is 36.4 Å². The van der Waals surface area contributed by atoms with Crippen LogP contribution in [0.25, 0.3) is 32.5 Å². The van der Waals surface area contributed by atoms with E-state index in [1.807, 2.05) is 18.2 Å². The molecule has 0 aliphatic heterocycles. The number of phenols is 1. The number of pyridine rings is 1. The number of amides is 1. The molecule has 0 bridgehead atoms. The summed E-state index contributed by atoms with van der Waals surface area (Å²) in [6.07, 6.45) is 5.09. The predicted molar refractivity (Wildman–Crippen MR) is 104 cm³/mol. The third kappa shape index (κ3) is 3.56. The zero-order valence-corrected chi connectivity index (χ0v) is 15.1. The molecule has 0 saturated heterocycles. The lowest BCUT2D eigenvalue weighted by molar-refractivity contribution is -0.114. The molecule has 3 N–H and O–H groups in total. The summed E-state index contributed by atoms with van der Waals surface area (Å²) >= 11 is 1.49. The van der Waals surface area contributed by atoms with Crippen LogP contribution < -0.4 is 5.32 Å². The Bertz CT molecular complexity index is 1090. The maximum atomic E-state index is 11.3. The average Bonchev–Trinajstić information content (AvgIpc) is 3.32. The Morgan fingerprint density at radius 1 is 1.11 bits per heavy atom. The summed E-state index contributed by atoms with van der Waals surface area (Å²) < 4.78 is 0. The Kier molecular flexibility index (Phi) is 4.39. The van der Waals surface area contributed by atoms with Crippen LogP contribution in [0, 0.1) is 0 Å². The first-order chi connectivity index (χ1) is 13.1. The van der Waals surface area contributed by atoms with E-state index in [0.29, 0.717) is 5.82 Å². The van der Waals surface area contributed by atoms with Crippen molar-refractivity contribution in [2.45, 2.75) is 6.92 Å². The Hall–Kier alpha value is -3.52. The molecule has 4 rings (SSSR count). The standard InChI is InChI=1S/C19H15N5O2S/c1-11(25)23-15-10-13(6-7-20-15)19-24-16(12-2-4-14(26)5-3-12)17(27-19)18-21-8-9-22-18/h2-10,26H,1H3,(H,21,22)(H,20,23,25). The Morgan fingerprint density at radius 2 is 1.93 bits per heavy atom. The maximum absolute atomic E-state index is 11.3. The summed E-state index contributed by atoms with van der Waals surface area (Å²) in [6.45, 7) is 1.44. The fourth-order valence-corrected chi connectivity index (χ4v) is 3.66. The number of imidazole rings is 1. The molecule has 0 unspecified atom stereocenters. The number of phenolic OH excluding ortho intramolecular Hbond substituents is 1. The molecule has 0 saturated carbocycles. The highest BCUT2D eigenvalue weighted by Gasteiger charge is 2.18. The normalized spacial score (nSPS) is 10.7. The number of H-pyrrole nitrogens is 1. The van der Waals surface area contributed by atoms with E-state index in [-0.39, 0.29) is 11.7 Å². The second-order valence-electron chi connectivity index (χ2n) is 5.79. The number of benzene rings is 1. The fraction of sp³-hybridized carbons (Fsp3) is 0.0526. The number of carbonyl (C=O) groups is 1. The molecular weight excluding hydrogens is 362 g/mol. The van der Waals surface area contributed by atoms with Crippen LogP contribution in [0.5, 0.6) is 5.75 Å². The average molecular weight is 377 g/mol. The Labute approximate surface area is 158 Å². The summed E-state index contributed by atoms with van der Waals surface area (Å²) in [5.74, 6) is 1.21. The van der Waals surface area contributed by atoms with Gasteiger partial charge < -0.3 is 15.4 Å². The second-order valence-corrected chi connectivity index (χ2v) is 6.79. The van der Waals surface area contributed by atoms with E-state index in [9.17, 15) is 9.90 Å². The van der Waals surface area contributed by atoms with Crippen molar-refractivity contribution in [3.63, 3.8) is 0 Å². The zero-order valence-electron chi connectivity index (χ0n) is 14.3. The highest BCUT2D eigenvalue weighted by atomic mass is 32.1. The van der Waals surface area contributed by atoms with Gasteiger partial charge in [-0.1, -0.05) is 0 Å². The van der Waals surface area contributed by atoms with Crippen molar-refractivity contribution in [2.24, 2.45) is 0 Å². The highest BCUT2D eigenvalue weighted by molar-refractivity contribution is 7.18. The van der Waals surface area contributed by atoms with E-state index in [2.05, 4.69) is 20.3 Å². The molecule has 8 heteroatoms. The van der Waals surface area contributed by atoms with Crippen molar-refractivity contribution in [3.8, 4) is 38.3 Å². The number of aromatic amines is 1. The van der Waals surface area contributed by atoms with Crippen molar-refractivity contribution >= 4 is 23.1 Å². The summed E-state index contributed by atoms with van der Waals surface area (Å²) in [6, 6.07) is 10.5. The summed E-state index contributed by atoms with van der Waals surface area (Å²) in [5, 5.41) is 13.0. The molecule has 3 aromatic heterocycles. The lowest BCUT2D eigenvalue weighted by Gasteiger charge is -2.02. The van der Waals surface area contributed by atoms with E-state index in [1.54, 1.807) is 36.8 Å². The minimum atomic E-state index is -0.181. The Balaban J connectivity index is 1.82. The minimum Gasteiger partial charge on any atom is -0.508 e. The quantitative estimate of drug-likeness (QED) is 0.500. The van der Waals surface area contributed by atoms with Crippen LogP contribution in [0.4, 0.5) is 5.82 Å². The lowest BCUT2D eigenvalue weighted by Crippen LogP contribution is -2.07. The van der Waals surface area contributed by atoms with Gasteiger partial charge in [0, 0.05) is 36.6 Å². The van der Waals surface area contributed by atoms with Crippen LogP contribution in [0.15, 0.2) is 55.0 Å².